The molecule has 1 N–H and O–H groups in total. The molecule has 0 saturated heterocycles. The summed E-state index contributed by atoms with van der Waals surface area (Å²) < 4.78 is 14.6. The van der Waals surface area contributed by atoms with Gasteiger partial charge in [-0.2, -0.15) is 0 Å². The lowest BCUT2D eigenvalue weighted by Crippen LogP contribution is -3.06. The number of nitrogens with zero attached hydrogens (tertiary/aromatic N) is 2. The maximum absolute atomic E-state index is 13.6. The molecule has 3 aromatic rings. The van der Waals surface area contributed by atoms with Gasteiger partial charge in [0, 0.05) is 5.56 Å². The van der Waals surface area contributed by atoms with Crippen LogP contribution in [0.5, 0.6) is 0 Å². The van der Waals surface area contributed by atoms with E-state index in [4.69, 9.17) is 4.98 Å². The number of carbonyl (C=O) groups is 1. The van der Waals surface area contributed by atoms with Crippen LogP contribution in [0, 0.1) is 19.7 Å². The van der Waals surface area contributed by atoms with Crippen molar-refractivity contribution in [1.82, 2.24) is 4.98 Å². The fraction of sp³-hybridized carbons (Fsp3) is 0.300. The topological polar surface area (TPSA) is 37.6 Å². The number of halogens is 1. The summed E-state index contributed by atoms with van der Waals surface area (Å²) in [5.41, 5.74) is 3.53. The second-order valence-electron chi connectivity index (χ2n) is 6.85. The molecular formula is C20H23FN3OS+. The first-order chi connectivity index (χ1) is 12.3. The highest BCUT2D eigenvalue weighted by atomic mass is 32.1. The lowest BCUT2D eigenvalue weighted by atomic mass is 10.1. The quantitative estimate of drug-likeness (QED) is 0.748. The van der Waals surface area contributed by atoms with Gasteiger partial charge in [0.2, 0.25) is 0 Å². The first-order valence-electron chi connectivity index (χ1n) is 8.59. The van der Waals surface area contributed by atoms with E-state index in [1.54, 1.807) is 17.0 Å². The molecule has 6 heteroatoms. The molecule has 1 heterocycles. The van der Waals surface area contributed by atoms with E-state index >= 15 is 0 Å². The van der Waals surface area contributed by atoms with Gasteiger partial charge in [0.25, 0.3) is 5.91 Å². The minimum Gasteiger partial charge on any atom is -0.338 e. The number of rotatable bonds is 5. The lowest BCUT2D eigenvalue weighted by Gasteiger charge is -2.20. The van der Waals surface area contributed by atoms with Crippen LogP contribution in [0.1, 0.15) is 21.5 Å². The van der Waals surface area contributed by atoms with Crippen molar-refractivity contribution in [2.24, 2.45) is 0 Å². The van der Waals surface area contributed by atoms with Crippen molar-refractivity contribution in [3.63, 3.8) is 0 Å². The van der Waals surface area contributed by atoms with Gasteiger partial charge in [0.05, 0.1) is 37.4 Å². The number of carbonyl (C=O) groups excluding carboxylic acids is 1. The monoisotopic (exact) mass is 372 g/mol. The fourth-order valence-corrected chi connectivity index (χ4v) is 4.04. The van der Waals surface area contributed by atoms with Crippen LogP contribution >= 0.6 is 11.3 Å². The zero-order chi connectivity index (χ0) is 18.8. The minimum atomic E-state index is -0.412. The van der Waals surface area contributed by atoms with E-state index in [1.807, 2.05) is 21.0 Å². The van der Waals surface area contributed by atoms with E-state index in [-0.39, 0.29) is 5.91 Å². The highest BCUT2D eigenvalue weighted by molar-refractivity contribution is 7.22. The molecule has 4 nitrogen and oxygen atoms in total. The van der Waals surface area contributed by atoms with Gasteiger partial charge in [-0.1, -0.05) is 23.5 Å². The Labute approximate surface area is 156 Å². The number of aryl methyl sites for hydroxylation is 2. The maximum Gasteiger partial charge on any atom is 0.260 e. The predicted octanol–water partition coefficient (Wildman–Crippen LogP) is 2.84. The summed E-state index contributed by atoms with van der Waals surface area (Å²) in [6, 6.07) is 10.0. The third-order valence-electron chi connectivity index (χ3n) is 4.20. The van der Waals surface area contributed by atoms with Gasteiger partial charge in [-0.15, -0.1) is 0 Å². The van der Waals surface area contributed by atoms with Gasteiger partial charge in [-0.05, 0) is 49.2 Å². The number of likely N-dealkylation sites (N-methyl/N-ethyl adjacent to an activating group) is 1. The lowest BCUT2D eigenvalue weighted by molar-refractivity contribution is -0.856. The Balaban J connectivity index is 2.03. The van der Waals surface area contributed by atoms with Crippen molar-refractivity contribution >= 4 is 32.6 Å². The summed E-state index contributed by atoms with van der Waals surface area (Å²) in [4.78, 5) is 20.7. The molecule has 26 heavy (non-hydrogen) atoms. The predicted molar refractivity (Wildman–Crippen MR) is 105 cm³/mol. The first kappa shape index (κ1) is 18.5. The Bertz CT molecular complexity index is 951. The number of nitrogens with one attached hydrogen (secondary N) is 1. The number of thiazole rings is 1. The van der Waals surface area contributed by atoms with Crippen molar-refractivity contribution in [1.29, 1.82) is 0 Å². The summed E-state index contributed by atoms with van der Waals surface area (Å²) in [5.74, 6) is -0.635. The van der Waals surface area contributed by atoms with Gasteiger partial charge in [-0.25, -0.2) is 9.37 Å². The molecule has 0 aliphatic carbocycles. The van der Waals surface area contributed by atoms with Crippen molar-refractivity contribution < 1.29 is 14.1 Å². The molecule has 0 radical (unpaired) electrons. The van der Waals surface area contributed by atoms with Crippen LogP contribution in [0.15, 0.2) is 36.4 Å². The Morgan fingerprint density at radius 1 is 1.23 bits per heavy atom. The third-order valence-corrected chi connectivity index (χ3v) is 5.23. The van der Waals surface area contributed by atoms with Crippen molar-refractivity contribution in [2.75, 3.05) is 32.1 Å². The van der Waals surface area contributed by atoms with Crippen LogP contribution in [-0.2, 0) is 0 Å². The highest BCUT2D eigenvalue weighted by Crippen LogP contribution is 2.32. The average Bonchev–Trinajstić information content (AvgIpc) is 2.98. The Morgan fingerprint density at radius 2 is 2.00 bits per heavy atom. The van der Waals surface area contributed by atoms with Crippen LogP contribution in [0.25, 0.3) is 10.2 Å². The zero-order valence-electron chi connectivity index (χ0n) is 15.5. The summed E-state index contributed by atoms with van der Waals surface area (Å²) >= 11 is 1.50. The van der Waals surface area contributed by atoms with Crippen LogP contribution in [0.3, 0.4) is 0 Å². The molecule has 1 aromatic heterocycles. The number of quaternary nitrogens is 1. The fourth-order valence-electron chi connectivity index (χ4n) is 2.87. The maximum atomic E-state index is 13.6. The molecule has 3 rings (SSSR count). The number of amides is 1. The highest BCUT2D eigenvalue weighted by Gasteiger charge is 2.23. The largest absolute Gasteiger partial charge is 0.338 e. The van der Waals surface area contributed by atoms with E-state index in [1.165, 1.54) is 33.9 Å². The molecule has 0 aliphatic rings. The molecule has 0 fully saturated rings. The number of aromatic nitrogens is 1. The molecule has 0 atom stereocenters. The van der Waals surface area contributed by atoms with Crippen LogP contribution < -0.4 is 9.80 Å². The van der Waals surface area contributed by atoms with Crippen molar-refractivity contribution in [3.05, 3.63) is 58.9 Å². The zero-order valence-corrected chi connectivity index (χ0v) is 16.3. The van der Waals surface area contributed by atoms with Gasteiger partial charge in [0.1, 0.15) is 5.82 Å². The van der Waals surface area contributed by atoms with Crippen LogP contribution in [-0.4, -0.2) is 38.1 Å². The van der Waals surface area contributed by atoms with Crippen LogP contribution in [0.4, 0.5) is 9.52 Å². The number of hydrogen-bond donors (Lipinski definition) is 1. The summed E-state index contributed by atoms with van der Waals surface area (Å²) in [6.45, 7) is 5.38. The molecule has 136 valence electrons. The van der Waals surface area contributed by atoms with Gasteiger partial charge >= 0.3 is 0 Å². The van der Waals surface area contributed by atoms with Crippen LogP contribution in [0.2, 0.25) is 0 Å². The Morgan fingerprint density at radius 3 is 2.69 bits per heavy atom. The van der Waals surface area contributed by atoms with E-state index < -0.39 is 5.82 Å². The average molecular weight is 372 g/mol. The summed E-state index contributed by atoms with van der Waals surface area (Å²) in [5, 5.41) is 0.657. The minimum absolute atomic E-state index is 0.223. The van der Waals surface area contributed by atoms with Gasteiger partial charge in [0.15, 0.2) is 5.13 Å². The number of hydrogen-bond acceptors (Lipinski definition) is 3. The number of anilines is 1. The summed E-state index contributed by atoms with van der Waals surface area (Å²) in [7, 11) is 4.08. The van der Waals surface area contributed by atoms with Crippen molar-refractivity contribution in [2.45, 2.75) is 13.8 Å². The molecule has 0 aliphatic heterocycles. The smallest absolute Gasteiger partial charge is 0.260 e. The Kier molecular flexibility index (Phi) is 5.34. The molecule has 1 amide bonds. The van der Waals surface area contributed by atoms with Gasteiger partial charge in [-0.3, -0.25) is 9.69 Å². The molecule has 0 spiro atoms. The second kappa shape index (κ2) is 7.51. The first-order valence-corrected chi connectivity index (χ1v) is 9.41. The van der Waals surface area contributed by atoms with E-state index in [9.17, 15) is 9.18 Å². The standard InChI is InChI=1S/C20H22FN3OS/c1-13-10-14(2)18-17(11-13)26-20(22-18)24(9-8-23(3)4)19(25)15-6-5-7-16(21)12-15/h5-7,10-12H,8-9H2,1-4H3/p+1. The van der Waals surface area contributed by atoms with E-state index in [0.29, 0.717) is 17.2 Å². The number of fused-ring (bicyclic) bond motifs is 1. The van der Waals surface area contributed by atoms with Gasteiger partial charge < -0.3 is 4.90 Å². The van der Waals surface area contributed by atoms with E-state index in [0.717, 1.165) is 22.3 Å². The van der Waals surface area contributed by atoms with Crippen molar-refractivity contribution in [3.8, 4) is 0 Å². The van der Waals surface area contributed by atoms with E-state index in [2.05, 4.69) is 19.1 Å². The molecule has 0 saturated carbocycles. The molecule has 0 bridgehead atoms. The molecular weight excluding hydrogens is 349 g/mol. The number of benzene rings is 2. The second-order valence-corrected chi connectivity index (χ2v) is 7.86. The normalized spacial score (nSPS) is 11.3. The Hall–Kier alpha value is -2.31. The third kappa shape index (κ3) is 3.92. The SMILES string of the molecule is Cc1cc(C)c2nc(N(CC[NH+](C)C)C(=O)c3cccc(F)c3)sc2c1. The molecule has 2 aromatic carbocycles. The summed E-state index contributed by atoms with van der Waals surface area (Å²) in [6.07, 6.45) is 0. The molecule has 0 unspecified atom stereocenters.